The summed E-state index contributed by atoms with van der Waals surface area (Å²) < 4.78 is 0. The minimum Gasteiger partial charge on any atom is -0.396 e. The van der Waals surface area contributed by atoms with Gasteiger partial charge >= 0.3 is 0 Å². The van der Waals surface area contributed by atoms with Crippen molar-refractivity contribution in [2.24, 2.45) is 0 Å². The van der Waals surface area contributed by atoms with Crippen LogP contribution < -0.4 is 0 Å². The van der Waals surface area contributed by atoms with Gasteiger partial charge in [-0.25, -0.2) is 0 Å². The highest BCUT2D eigenvalue weighted by Crippen LogP contribution is 1.83. The maximum atomic E-state index is 8.23. The monoisotopic (exact) mass is 164 g/mol. The molecule has 0 saturated heterocycles. The molecule has 0 spiro atoms. The largest absolute Gasteiger partial charge is 0.396 e. The normalized spacial score (nSPS) is 10.6. The first-order chi connectivity index (χ1) is 3.41. The predicted molar refractivity (Wildman–Crippen MR) is 34.6 cm³/mol. The number of allylic oxidation sites excluding steroid dienone is 1. The van der Waals surface area contributed by atoms with Crippen LogP contribution in [0.15, 0.2) is 12.2 Å². The summed E-state index contributed by atoms with van der Waals surface area (Å²) in [6.07, 6.45) is 4.68. The van der Waals surface area contributed by atoms with Gasteiger partial charge in [-0.1, -0.05) is 28.1 Å². The number of aliphatic hydroxyl groups is 1. The van der Waals surface area contributed by atoms with E-state index in [1.165, 1.54) is 0 Å². The smallest absolute Gasteiger partial charge is 0.0465 e. The summed E-state index contributed by atoms with van der Waals surface area (Å²) in [7, 11) is 0. The molecule has 2 heteroatoms. The fraction of sp³-hybridized carbons (Fsp3) is 0.600. The van der Waals surface area contributed by atoms with Gasteiger partial charge in [-0.2, -0.15) is 0 Å². The van der Waals surface area contributed by atoms with E-state index in [1.54, 1.807) is 0 Å². The quantitative estimate of drug-likeness (QED) is 0.493. The Hall–Kier alpha value is 0.180. The summed E-state index contributed by atoms with van der Waals surface area (Å²) in [4.78, 5) is 0. The van der Waals surface area contributed by atoms with Crippen LogP contribution in [0.25, 0.3) is 0 Å². The van der Waals surface area contributed by atoms with Gasteiger partial charge in [0, 0.05) is 11.9 Å². The topological polar surface area (TPSA) is 20.2 Å². The van der Waals surface area contributed by atoms with E-state index in [4.69, 9.17) is 5.11 Å². The Kier molecular flexibility index (Phi) is 6.34. The number of hydrogen-bond donors (Lipinski definition) is 1. The molecule has 0 atom stereocenters. The highest BCUT2D eigenvalue weighted by Gasteiger charge is 1.69. The van der Waals surface area contributed by atoms with Gasteiger partial charge in [0.1, 0.15) is 0 Å². The van der Waals surface area contributed by atoms with Crippen LogP contribution in [0.1, 0.15) is 6.42 Å². The summed E-state index contributed by atoms with van der Waals surface area (Å²) in [6, 6.07) is 0. The van der Waals surface area contributed by atoms with Crippen LogP contribution in [-0.4, -0.2) is 17.0 Å². The van der Waals surface area contributed by atoms with Crippen molar-refractivity contribution in [1.29, 1.82) is 0 Å². The molecule has 42 valence electrons. The van der Waals surface area contributed by atoms with Gasteiger partial charge in [0.15, 0.2) is 0 Å². The molecule has 0 amide bonds. The molecule has 0 aliphatic carbocycles. The van der Waals surface area contributed by atoms with E-state index in [0.717, 1.165) is 11.8 Å². The Bertz CT molecular complexity index is 52.0. The molecule has 0 saturated carbocycles. The van der Waals surface area contributed by atoms with Crippen LogP contribution in [0.2, 0.25) is 0 Å². The first-order valence-corrected chi connectivity index (χ1v) is 3.35. The third-order valence-corrected chi connectivity index (χ3v) is 0.925. The summed E-state index contributed by atoms with van der Waals surface area (Å²) in [5, 5.41) is 9.11. The predicted octanol–water partition coefficient (Wildman–Crippen LogP) is 1.32. The fourth-order valence-corrected chi connectivity index (χ4v) is 0.520. The average molecular weight is 165 g/mol. The third-order valence-electron chi connectivity index (χ3n) is 0.552. The number of rotatable bonds is 3. The Labute approximate surface area is 52.2 Å². The van der Waals surface area contributed by atoms with Crippen molar-refractivity contribution in [3.05, 3.63) is 12.2 Å². The van der Waals surface area contributed by atoms with Crippen LogP contribution in [0, 0.1) is 0 Å². The summed E-state index contributed by atoms with van der Waals surface area (Å²) in [5.41, 5.74) is 0. The van der Waals surface area contributed by atoms with Crippen molar-refractivity contribution < 1.29 is 5.11 Å². The molecule has 0 bridgehead atoms. The van der Waals surface area contributed by atoms with E-state index < -0.39 is 0 Å². The van der Waals surface area contributed by atoms with Crippen molar-refractivity contribution in [2.45, 2.75) is 6.42 Å². The maximum absolute atomic E-state index is 8.23. The third kappa shape index (κ3) is 6.18. The molecule has 1 nitrogen and oxygen atoms in total. The second kappa shape index (κ2) is 6.18. The zero-order valence-corrected chi connectivity index (χ0v) is 5.69. The molecule has 0 aliphatic rings. The van der Waals surface area contributed by atoms with E-state index in [1.807, 2.05) is 12.2 Å². The van der Waals surface area contributed by atoms with Gasteiger partial charge in [-0.15, -0.1) is 0 Å². The van der Waals surface area contributed by atoms with Crippen molar-refractivity contribution in [3.63, 3.8) is 0 Å². The van der Waals surface area contributed by atoms with Gasteiger partial charge < -0.3 is 5.11 Å². The summed E-state index contributed by atoms with van der Waals surface area (Å²) >= 11 is 3.21. The first-order valence-electron chi connectivity index (χ1n) is 2.23. The van der Waals surface area contributed by atoms with Crippen molar-refractivity contribution >= 4 is 15.9 Å². The molecule has 0 unspecified atom stereocenters. The molecule has 0 rings (SSSR count). The molecule has 0 heterocycles. The van der Waals surface area contributed by atoms with Crippen LogP contribution in [-0.2, 0) is 0 Å². The molecular formula is C5H9BrO. The van der Waals surface area contributed by atoms with E-state index in [0.29, 0.717) is 0 Å². The minimum atomic E-state index is 0.253. The molecule has 0 aromatic rings. The van der Waals surface area contributed by atoms with Crippen LogP contribution in [0.4, 0.5) is 0 Å². The second-order valence-corrected chi connectivity index (χ2v) is 1.79. The van der Waals surface area contributed by atoms with E-state index in [9.17, 15) is 0 Å². The average Bonchev–Trinajstić information content (AvgIpc) is 1.69. The van der Waals surface area contributed by atoms with Gasteiger partial charge in [-0.3, -0.25) is 0 Å². The van der Waals surface area contributed by atoms with E-state index in [2.05, 4.69) is 15.9 Å². The van der Waals surface area contributed by atoms with Gasteiger partial charge in [0.2, 0.25) is 0 Å². The zero-order chi connectivity index (χ0) is 5.54. The Morgan fingerprint density at radius 1 is 1.43 bits per heavy atom. The van der Waals surface area contributed by atoms with Crippen LogP contribution in [0.5, 0.6) is 0 Å². The zero-order valence-electron chi connectivity index (χ0n) is 4.10. The molecule has 0 aromatic carbocycles. The molecule has 0 aliphatic heterocycles. The van der Waals surface area contributed by atoms with Crippen LogP contribution >= 0.6 is 15.9 Å². The Morgan fingerprint density at radius 3 is 2.57 bits per heavy atom. The van der Waals surface area contributed by atoms with Gasteiger partial charge in [0.25, 0.3) is 0 Å². The summed E-state index contributed by atoms with van der Waals surface area (Å²) in [5.74, 6) is 0. The summed E-state index contributed by atoms with van der Waals surface area (Å²) in [6.45, 7) is 0.253. The number of hydrogen-bond acceptors (Lipinski definition) is 1. The SMILES string of the molecule is OCCC=CCBr. The van der Waals surface area contributed by atoms with Crippen molar-refractivity contribution in [3.8, 4) is 0 Å². The lowest BCUT2D eigenvalue weighted by Gasteiger charge is -1.79. The molecule has 0 radical (unpaired) electrons. The maximum Gasteiger partial charge on any atom is 0.0465 e. The first kappa shape index (κ1) is 7.18. The van der Waals surface area contributed by atoms with Gasteiger partial charge in [0.05, 0.1) is 0 Å². The lowest BCUT2D eigenvalue weighted by atomic mass is 10.4. The second-order valence-electron chi connectivity index (χ2n) is 1.14. The molecule has 0 aromatic heterocycles. The van der Waals surface area contributed by atoms with Crippen molar-refractivity contribution in [1.82, 2.24) is 0 Å². The molecule has 7 heavy (non-hydrogen) atoms. The number of alkyl halides is 1. The fourth-order valence-electron chi connectivity index (χ4n) is 0.255. The Morgan fingerprint density at radius 2 is 2.14 bits per heavy atom. The lowest BCUT2D eigenvalue weighted by molar-refractivity contribution is 0.302. The molecule has 1 N–H and O–H groups in total. The number of halogens is 1. The highest BCUT2D eigenvalue weighted by atomic mass is 79.9. The lowest BCUT2D eigenvalue weighted by Crippen LogP contribution is -1.74. The molecule has 0 fully saturated rings. The van der Waals surface area contributed by atoms with Crippen LogP contribution in [0.3, 0.4) is 0 Å². The van der Waals surface area contributed by atoms with Gasteiger partial charge in [-0.05, 0) is 6.42 Å². The van der Waals surface area contributed by atoms with Crippen molar-refractivity contribution in [2.75, 3.05) is 11.9 Å². The van der Waals surface area contributed by atoms with E-state index in [-0.39, 0.29) is 6.61 Å². The standard InChI is InChI=1S/C5H9BrO/c6-4-2-1-3-5-7/h1-2,7H,3-5H2. The Balaban J connectivity index is 2.78. The number of aliphatic hydroxyl groups excluding tert-OH is 1. The highest BCUT2D eigenvalue weighted by molar-refractivity contribution is 9.09. The molecular weight excluding hydrogens is 156 g/mol. The minimum absolute atomic E-state index is 0.253. The van der Waals surface area contributed by atoms with E-state index >= 15 is 0 Å².